The first-order valence-corrected chi connectivity index (χ1v) is 13.9. The molecular weight excluding hydrogens is 544 g/mol. The van der Waals surface area contributed by atoms with Crippen molar-refractivity contribution < 1.29 is 36.9 Å². The minimum atomic E-state index is -4.50. The molecule has 5 heterocycles. The van der Waals surface area contributed by atoms with Crippen molar-refractivity contribution in [1.82, 2.24) is 29.1 Å². The number of rotatable bonds is 9. The van der Waals surface area contributed by atoms with Gasteiger partial charge >= 0.3 is 16.0 Å². The first-order chi connectivity index (χ1) is 19.3. The summed E-state index contributed by atoms with van der Waals surface area (Å²) >= 11 is 0. The van der Waals surface area contributed by atoms with E-state index in [1.165, 1.54) is 10.9 Å². The Kier molecular flexibility index (Phi) is 6.63. The Bertz CT molecular complexity index is 1810. The Balaban J connectivity index is 1.10. The van der Waals surface area contributed by atoms with E-state index in [1.54, 1.807) is 30.0 Å². The highest BCUT2D eigenvalue weighted by Crippen LogP contribution is 2.28. The molecule has 40 heavy (non-hydrogen) atoms. The van der Waals surface area contributed by atoms with Gasteiger partial charge in [0.1, 0.15) is 18.3 Å². The summed E-state index contributed by atoms with van der Waals surface area (Å²) in [4.78, 5) is 27.4. The number of benzene rings is 1. The van der Waals surface area contributed by atoms with Gasteiger partial charge in [-0.2, -0.15) is 8.42 Å². The SMILES string of the molecule is CNc1nc2c([nH]c[n+]2[C@@H]2O[C@H](COS(=O)(=O)NC(=O)CCc3c[nH]c4ccccc34)[C@@H](O)[C@H]2O)c2nccn12. The van der Waals surface area contributed by atoms with E-state index in [-0.39, 0.29) is 6.42 Å². The van der Waals surface area contributed by atoms with Crippen LogP contribution in [0.2, 0.25) is 0 Å². The Labute approximate surface area is 227 Å². The quantitative estimate of drug-likeness (QED) is 0.127. The summed E-state index contributed by atoms with van der Waals surface area (Å²) in [6.45, 7) is -0.637. The van der Waals surface area contributed by atoms with Crippen LogP contribution in [0.1, 0.15) is 18.2 Å². The summed E-state index contributed by atoms with van der Waals surface area (Å²) in [5, 5.41) is 25.2. The van der Waals surface area contributed by atoms with Crippen molar-refractivity contribution in [2.75, 3.05) is 19.0 Å². The highest BCUT2D eigenvalue weighted by molar-refractivity contribution is 7.85. The van der Waals surface area contributed by atoms with Crippen molar-refractivity contribution in [3.05, 3.63) is 54.7 Å². The number of H-pyrrole nitrogens is 2. The van der Waals surface area contributed by atoms with Crippen molar-refractivity contribution in [2.24, 2.45) is 0 Å². The van der Waals surface area contributed by atoms with Gasteiger partial charge in [-0.1, -0.05) is 23.2 Å². The van der Waals surface area contributed by atoms with E-state index in [1.807, 2.05) is 29.0 Å². The number of hydrogen-bond donors (Lipinski definition) is 6. The number of carbonyl (C=O) groups excluding carboxylic acids is 1. The molecular formula is C24H27N8O7S+. The van der Waals surface area contributed by atoms with Crippen LogP contribution < -0.4 is 14.6 Å². The molecule has 1 aromatic carbocycles. The molecule has 1 aliphatic heterocycles. The summed E-state index contributed by atoms with van der Waals surface area (Å²) in [7, 11) is -2.80. The predicted octanol–water partition coefficient (Wildman–Crippen LogP) is -0.349. The first kappa shape index (κ1) is 26.1. The molecule has 0 saturated carbocycles. The molecule has 0 bridgehead atoms. The second-order valence-electron chi connectivity index (χ2n) is 9.36. The predicted molar refractivity (Wildman–Crippen MR) is 140 cm³/mol. The van der Waals surface area contributed by atoms with Crippen molar-refractivity contribution in [1.29, 1.82) is 0 Å². The third-order valence-corrected chi connectivity index (χ3v) is 7.80. The van der Waals surface area contributed by atoms with Crippen LogP contribution in [-0.4, -0.2) is 80.8 Å². The minimum Gasteiger partial charge on any atom is -0.387 e. The van der Waals surface area contributed by atoms with Gasteiger partial charge in [-0.15, -0.1) is 0 Å². The lowest BCUT2D eigenvalue weighted by molar-refractivity contribution is -0.745. The lowest BCUT2D eigenvalue weighted by atomic mass is 10.1. The molecule has 4 atom stereocenters. The zero-order valence-corrected chi connectivity index (χ0v) is 22.0. The zero-order valence-electron chi connectivity index (χ0n) is 21.2. The van der Waals surface area contributed by atoms with Crippen molar-refractivity contribution in [2.45, 2.75) is 37.4 Å². The number of para-hydroxylation sites is 1. The average Bonchev–Trinajstić information content (AvgIpc) is 3.72. The Hall–Kier alpha value is -4.09. The molecule has 1 amide bonds. The number of ether oxygens (including phenoxy) is 1. The lowest BCUT2D eigenvalue weighted by Crippen LogP contribution is -2.45. The Morgan fingerprint density at radius 1 is 1.25 bits per heavy atom. The van der Waals surface area contributed by atoms with E-state index < -0.39 is 47.4 Å². The summed E-state index contributed by atoms with van der Waals surface area (Å²) in [6.07, 6.45) is 1.64. The van der Waals surface area contributed by atoms with E-state index in [0.717, 1.165) is 16.5 Å². The fourth-order valence-electron chi connectivity index (χ4n) is 4.91. The highest BCUT2D eigenvalue weighted by atomic mass is 32.2. The number of nitrogens with one attached hydrogen (secondary N) is 4. The van der Waals surface area contributed by atoms with Crippen LogP contribution in [0.25, 0.3) is 27.7 Å². The van der Waals surface area contributed by atoms with Crippen LogP contribution in [0.15, 0.2) is 49.2 Å². The fourth-order valence-corrected chi connectivity index (χ4v) is 5.66. The maximum Gasteiger partial charge on any atom is 0.362 e. The third kappa shape index (κ3) is 4.65. The van der Waals surface area contributed by atoms with E-state index in [9.17, 15) is 23.4 Å². The molecule has 1 aliphatic rings. The minimum absolute atomic E-state index is 0.0869. The number of imidazole rings is 2. The van der Waals surface area contributed by atoms with E-state index >= 15 is 0 Å². The van der Waals surface area contributed by atoms with Crippen molar-refractivity contribution in [3.8, 4) is 0 Å². The Morgan fingerprint density at radius 2 is 2.08 bits per heavy atom. The summed E-state index contributed by atoms with van der Waals surface area (Å²) in [6, 6.07) is 7.59. The maximum absolute atomic E-state index is 12.4. The number of nitrogens with zero attached hydrogens (tertiary/aromatic N) is 4. The maximum atomic E-state index is 12.4. The van der Waals surface area contributed by atoms with Crippen molar-refractivity contribution in [3.63, 3.8) is 0 Å². The molecule has 16 heteroatoms. The molecule has 210 valence electrons. The lowest BCUT2D eigenvalue weighted by Gasteiger charge is -2.14. The number of anilines is 1. The number of fused-ring (bicyclic) bond motifs is 4. The number of aryl methyl sites for hydroxylation is 1. The summed E-state index contributed by atoms with van der Waals surface area (Å²) < 4.78 is 40.7. The van der Waals surface area contributed by atoms with Crippen LogP contribution in [0.3, 0.4) is 0 Å². The number of hydrogen-bond acceptors (Lipinski definition) is 10. The molecule has 1 fully saturated rings. The fraction of sp³-hybridized carbons (Fsp3) is 0.333. The van der Waals surface area contributed by atoms with Gasteiger partial charge in [0.15, 0.2) is 12.0 Å². The number of aromatic amines is 2. The molecule has 15 nitrogen and oxygen atoms in total. The van der Waals surface area contributed by atoms with Gasteiger partial charge in [-0.05, 0) is 18.1 Å². The van der Waals surface area contributed by atoms with Gasteiger partial charge in [0.05, 0.1) is 6.61 Å². The van der Waals surface area contributed by atoms with Crippen LogP contribution >= 0.6 is 0 Å². The van der Waals surface area contributed by atoms with Gasteiger partial charge in [0.25, 0.3) is 5.95 Å². The van der Waals surface area contributed by atoms with E-state index in [2.05, 4.69) is 25.3 Å². The highest BCUT2D eigenvalue weighted by Gasteiger charge is 2.47. The summed E-state index contributed by atoms with van der Waals surface area (Å²) in [5.74, 6) is -0.269. The second-order valence-corrected chi connectivity index (χ2v) is 10.7. The molecule has 0 radical (unpaired) electrons. The second kappa shape index (κ2) is 10.1. The monoisotopic (exact) mass is 571 g/mol. The first-order valence-electron chi connectivity index (χ1n) is 12.5. The summed E-state index contributed by atoms with van der Waals surface area (Å²) in [5.41, 5.74) is 3.32. The van der Waals surface area contributed by atoms with E-state index in [0.29, 0.717) is 29.2 Å². The average molecular weight is 572 g/mol. The van der Waals surface area contributed by atoms with Crippen molar-refractivity contribution >= 4 is 49.9 Å². The van der Waals surface area contributed by atoms with Crippen LogP contribution in [0.5, 0.6) is 0 Å². The largest absolute Gasteiger partial charge is 0.387 e. The van der Waals surface area contributed by atoms with Crippen LogP contribution in [0, 0.1) is 0 Å². The molecule has 0 unspecified atom stereocenters. The molecule has 1 saturated heterocycles. The molecule has 4 aromatic heterocycles. The standard InChI is InChI=1S/C24H26N8O7S/c1-25-24-29-22-18(21-26-8-9-31(21)24)28-12-32(22)23-20(35)19(34)16(39-23)11-38-40(36,37)30-17(33)7-6-13-10-27-15-5-3-2-4-14(13)15/h2-5,8-10,12,16,19-20,23,27,34-35H,6-7,11H2,1H3,(H2,25,26,29,30,33)/p+1/t16-,19-,20-,23-/m1/s1. The topological polar surface area (TPSA) is 200 Å². The van der Waals surface area contributed by atoms with Gasteiger partial charge in [-0.25, -0.2) is 14.3 Å². The third-order valence-electron chi connectivity index (χ3n) is 6.88. The number of aromatic nitrogens is 6. The Morgan fingerprint density at radius 3 is 2.90 bits per heavy atom. The molecule has 6 N–H and O–H groups in total. The molecule has 0 spiro atoms. The number of aliphatic hydroxyl groups is 2. The molecule has 6 rings (SSSR count). The smallest absolute Gasteiger partial charge is 0.362 e. The van der Waals surface area contributed by atoms with Gasteiger partial charge in [0.2, 0.25) is 17.7 Å². The van der Waals surface area contributed by atoms with E-state index in [4.69, 9.17) is 8.92 Å². The van der Waals surface area contributed by atoms with Crippen LogP contribution in [-0.2, 0) is 30.4 Å². The van der Waals surface area contributed by atoms with Crippen LogP contribution in [0.4, 0.5) is 5.95 Å². The van der Waals surface area contributed by atoms with Gasteiger partial charge in [0, 0.05) is 43.0 Å². The van der Waals surface area contributed by atoms with Gasteiger partial charge in [-0.3, -0.25) is 18.4 Å². The normalized spacial score (nSPS) is 21.5. The van der Waals surface area contributed by atoms with Gasteiger partial charge < -0.3 is 25.3 Å². The number of carbonyl (C=O) groups is 1. The zero-order chi connectivity index (χ0) is 28.0. The molecule has 0 aliphatic carbocycles. The number of aliphatic hydroxyl groups excluding tert-OH is 2. The number of amides is 1. The molecule has 5 aromatic rings.